The van der Waals surface area contributed by atoms with Crippen LogP contribution in [0.1, 0.15) is 38.8 Å². The molecule has 0 aromatic heterocycles. The standard InChI is InChI=1S/C13H20NO/c1-5-11-8-6-7-9-12(11)10-14(15)13(2,3)4/h6-9H,5,10H2,1-4H3. The predicted molar refractivity (Wildman–Crippen MR) is 61.8 cm³/mol. The quantitative estimate of drug-likeness (QED) is 0.696. The van der Waals surface area contributed by atoms with Crippen molar-refractivity contribution in [3.8, 4) is 0 Å². The molecule has 0 bridgehead atoms. The van der Waals surface area contributed by atoms with Crippen LogP contribution in [0.2, 0.25) is 0 Å². The smallest absolute Gasteiger partial charge is 0.0530 e. The lowest BCUT2D eigenvalue weighted by Crippen LogP contribution is -2.37. The second-order valence-corrected chi connectivity index (χ2v) is 4.83. The normalized spacial score (nSPS) is 12.1. The van der Waals surface area contributed by atoms with Gasteiger partial charge in [0.1, 0.15) is 0 Å². The van der Waals surface area contributed by atoms with Crippen molar-refractivity contribution in [1.82, 2.24) is 5.06 Å². The van der Waals surface area contributed by atoms with E-state index in [1.807, 2.05) is 39.0 Å². The molecule has 0 fully saturated rings. The zero-order chi connectivity index (χ0) is 11.5. The summed E-state index contributed by atoms with van der Waals surface area (Å²) < 4.78 is 0. The molecule has 0 atom stereocenters. The first-order valence-electron chi connectivity index (χ1n) is 5.46. The van der Waals surface area contributed by atoms with E-state index in [0.29, 0.717) is 6.54 Å². The lowest BCUT2D eigenvalue weighted by atomic mass is 10.0. The SMILES string of the molecule is CCc1ccccc1CN([O])C(C)(C)C. The van der Waals surface area contributed by atoms with E-state index in [1.54, 1.807) is 0 Å². The van der Waals surface area contributed by atoms with Crippen molar-refractivity contribution in [1.29, 1.82) is 0 Å². The Morgan fingerprint density at radius 1 is 1.13 bits per heavy atom. The fraction of sp³-hybridized carbons (Fsp3) is 0.538. The first-order chi connectivity index (χ1) is 6.95. The van der Waals surface area contributed by atoms with E-state index in [-0.39, 0.29) is 5.54 Å². The lowest BCUT2D eigenvalue weighted by molar-refractivity contribution is -0.219. The van der Waals surface area contributed by atoms with Crippen molar-refractivity contribution in [3.05, 3.63) is 35.4 Å². The van der Waals surface area contributed by atoms with Crippen molar-refractivity contribution < 1.29 is 5.21 Å². The van der Waals surface area contributed by atoms with Crippen molar-refractivity contribution >= 4 is 0 Å². The summed E-state index contributed by atoms with van der Waals surface area (Å²) in [4.78, 5) is 0. The monoisotopic (exact) mass is 206 g/mol. The summed E-state index contributed by atoms with van der Waals surface area (Å²) in [5.41, 5.74) is 2.09. The van der Waals surface area contributed by atoms with Crippen LogP contribution in [-0.4, -0.2) is 10.6 Å². The van der Waals surface area contributed by atoms with Crippen LogP contribution in [0.5, 0.6) is 0 Å². The van der Waals surface area contributed by atoms with Crippen LogP contribution in [0.25, 0.3) is 0 Å². The van der Waals surface area contributed by atoms with Crippen molar-refractivity contribution in [2.75, 3.05) is 0 Å². The summed E-state index contributed by atoms with van der Waals surface area (Å²) >= 11 is 0. The van der Waals surface area contributed by atoms with E-state index in [9.17, 15) is 5.21 Å². The zero-order valence-corrected chi connectivity index (χ0v) is 10.1. The summed E-state index contributed by atoms with van der Waals surface area (Å²) in [6.07, 6.45) is 0.980. The van der Waals surface area contributed by atoms with Gasteiger partial charge >= 0.3 is 0 Å². The fourth-order valence-electron chi connectivity index (χ4n) is 1.45. The third kappa shape index (κ3) is 3.33. The van der Waals surface area contributed by atoms with Gasteiger partial charge < -0.3 is 0 Å². The number of benzene rings is 1. The summed E-state index contributed by atoms with van der Waals surface area (Å²) in [6.45, 7) is 8.41. The second kappa shape index (κ2) is 4.77. The number of hydrogen-bond acceptors (Lipinski definition) is 1. The maximum absolute atomic E-state index is 11.8. The minimum atomic E-state index is -0.319. The van der Waals surface area contributed by atoms with Gasteiger partial charge in [-0.2, -0.15) is 0 Å². The van der Waals surface area contributed by atoms with E-state index >= 15 is 0 Å². The second-order valence-electron chi connectivity index (χ2n) is 4.83. The van der Waals surface area contributed by atoms with Gasteiger partial charge in [-0.3, -0.25) is 0 Å². The van der Waals surface area contributed by atoms with Crippen molar-refractivity contribution in [3.63, 3.8) is 0 Å². The molecule has 1 aromatic rings. The number of rotatable bonds is 3. The van der Waals surface area contributed by atoms with Crippen LogP contribution in [0.4, 0.5) is 0 Å². The van der Waals surface area contributed by atoms with Gasteiger partial charge in [0.2, 0.25) is 0 Å². The van der Waals surface area contributed by atoms with Gasteiger partial charge in [-0.1, -0.05) is 31.2 Å². The Morgan fingerprint density at radius 3 is 2.13 bits per heavy atom. The van der Waals surface area contributed by atoms with Gasteiger partial charge in [0.05, 0.1) is 6.54 Å². The van der Waals surface area contributed by atoms with Crippen LogP contribution in [-0.2, 0) is 18.2 Å². The molecule has 0 amide bonds. The number of aryl methyl sites for hydroxylation is 1. The number of nitrogens with zero attached hydrogens (tertiary/aromatic N) is 1. The largest absolute Gasteiger partial charge is 0.145 e. The maximum atomic E-state index is 11.8. The third-order valence-corrected chi connectivity index (χ3v) is 2.56. The maximum Gasteiger partial charge on any atom is 0.0530 e. The van der Waals surface area contributed by atoms with Gasteiger partial charge in [-0.15, -0.1) is 10.3 Å². The van der Waals surface area contributed by atoms with Gasteiger partial charge in [-0.05, 0) is 38.3 Å². The Morgan fingerprint density at radius 2 is 1.67 bits per heavy atom. The van der Waals surface area contributed by atoms with Gasteiger partial charge in [-0.25, -0.2) is 0 Å². The molecule has 0 saturated heterocycles. The highest BCUT2D eigenvalue weighted by molar-refractivity contribution is 5.26. The summed E-state index contributed by atoms with van der Waals surface area (Å²) in [6, 6.07) is 8.14. The molecule has 1 radical (unpaired) electrons. The van der Waals surface area contributed by atoms with Crippen molar-refractivity contribution in [2.24, 2.45) is 0 Å². The summed E-state index contributed by atoms with van der Waals surface area (Å²) in [5.74, 6) is 0. The van der Waals surface area contributed by atoms with Crippen LogP contribution < -0.4 is 0 Å². The molecule has 1 aromatic carbocycles. The molecule has 15 heavy (non-hydrogen) atoms. The van der Waals surface area contributed by atoms with Crippen LogP contribution in [0.3, 0.4) is 0 Å². The van der Waals surface area contributed by atoms with E-state index in [1.165, 1.54) is 5.56 Å². The molecule has 2 heteroatoms. The highest BCUT2D eigenvalue weighted by Crippen LogP contribution is 2.17. The van der Waals surface area contributed by atoms with Crippen molar-refractivity contribution in [2.45, 2.75) is 46.2 Å². The average Bonchev–Trinajstić information content (AvgIpc) is 2.17. The predicted octanol–water partition coefficient (Wildman–Crippen LogP) is 3.20. The highest BCUT2D eigenvalue weighted by atomic mass is 16.5. The first-order valence-corrected chi connectivity index (χ1v) is 5.46. The molecule has 0 aliphatic carbocycles. The molecule has 0 unspecified atom stereocenters. The van der Waals surface area contributed by atoms with Gasteiger partial charge in [0.15, 0.2) is 0 Å². The molecule has 0 aliphatic rings. The van der Waals surface area contributed by atoms with Crippen LogP contribution in [0, 0.1) is 0 Å². The van der Waals surface area contributed by atoms with Crippen LogP contribution in [0.15, 0.2) is 24.3 Å². The van der Waals surface area contributed by atoms with Crippen LogP contribution >= 0.6 is 0 Å². The van der Waals surface area contributed by atoms with Gasteiger partial charge in [0.25, 0.3) is 0 Å². The third-order valence-electron chi connectivity index (χ3n) is 2.56. The van der Waals surface area contributed by atoms with E-state index in [2.05, 4.69) is 13.0 Å². The van der Waals surface area contributed by atoms with E-state index in [4.69, 9.17) is 0 Å². The molecular weight excluding hydrogens is 186 g/mol. The highest BCUT2D eigenvalue weighted by Gasteiger charge is 2.21. The lowest BCUT2D eigenvalue weighted by Gasteiger charge is -2.27. The van der Waals surface area contributed by atoms with E-state index in [0.717, 1.165) is 17.0 Å². The minimum Gasteiger partial charge on any atom is -0.145 e. The molecule has 0 N–H and O–H groups in total. The minimum absolute atomic E-state index is 0.319. The van der Waals surface area contributed by atoms with Gasteiger partial charge in [0, 0.05) is 5.54 Å². The first kappa shape index (κ1) is 12.2. The number of hydrogen-bond donors (Lipinski definition) is 0. The van der Waals surface area contributed by atoms with E-state index < -0.39 is 0 Å². The number of hydroxylamine groups is 2. The molecule has 0 spiro atoms. The molecule has 0 heterocycles. The molecular formula is C13H20NO. The Bertz CT molecular complexity index is 315. The summed E-state index contributed by atoms with van der Waals surface area (Å²) in [7, 11) is 0. The Kier molecular flexibility index (Phi) is 3.89. The average molecular weight is 206 g/mol. The molecule has 0 aliphatic heterocycles. The molecule has 0 saturated carbocycles. The molecule has 2 nitrogen and oxygen atoms in total. The Hall–Kier alpha value is -0.860. The zero-order valence-electron chi connectivity index (χ0n) is 10.1. The fourth-order valence-corrected chi connectivity index (χ4v) is 1.45. The topological polar surface area (TPSA) is 23.1 Å². The molecule has 1 rings (SSSR count). The summed E-state index contributed by atoms with van der Waals surface area (Å²) in [5, 5.41) is 13.0. The Balaban J connectivity index is 2.80. The molecule has 83 valence electrons. The Labute approximate surface area is 92.5 Å².